The van der Waals surface area contributed by atoms with Crippen LogP contribution in [0.4, 0.5) is 15.9 Å². The number of hydrogen-bond acceptors (Lipinski definition) is 7. The second kappa shape index (κ2) is 8.74. The first kappa shape index (κ1) is 20.3. The Labute approximate surface area is 174 Å². The Morgan fingerprint density at radius 3 is 2.72 bits per heavy atom. The van der Waals surface area contributed by atoms with Crippen molar-refractivity contribution < 1.29 is 9.18 Å². The summed E-state index contributed by atoms with van der Waals surface area (Å²) in [4.78, 5) is 17.2. The lowest BCUT2D eigenvalue weighted by Gasteiger charge is -2.12. The van der Waals surface area contributed by atoms with Crippen molar-refractivity contribution in [3.05, 3.63) is 58.2 Å². The maximum absolute atomic E-state index is 13.4. The van der Waals surface area contributed by atoms with Gasteiger partial charge in [-0.15, -0.1) is 11.3 Å². The van der Waals surface area contributed by atoms with Crippen LogP contribution in [0.15, 0.2) is 40.7 Å². The van der Waals surface area contributed by atoms with Crippen LogP contribution in [0.5, 0.6) is 0 Å². The van der Waals surface area contributed by atoms with Gasteiger partial charge < -0.3 is 11.1 Å². The molecule has 3 N–H and O–H groups in total. The molecule has 2 heterocycles. The number of nitrogen functional groups attached to an aromatic ring is 1. The van der Waals surface area contributed by atoms with Gasteiger partial charge in [0.2, 0.25) is 5.91 Å². The molecule has 6 nitrogen and oxygen atoms in total. The maximum Gasteiger partial charge on any atom is 0.234 e. The second-order valence-electron chi connectivity index (χ2n) is 5.92. The molecule has 144 valence electrons. The van der Waals surface area contributed by atoms with E-state index in [1.54, 1.807) is 25.1 Å². The number of pyridine rings is 1. The number of halogens is 1. The number of carbonyl (C=O) groups is 1. The molecule has 0 fully saturated rings. The second-order valence-corrected chi connectivity index (χ2v) is 7.84. The first-order chi connectivity index (χ1) is 13.9. The van der Waals surface area contributed by atoms with Gasteiger partial charge in [-0.25, -0.2) is 9.37 Å². The molecule has 0 atom stereocenters. The standard InChI is InChI=1S/C20H14FN5OS2/c1-11-4-5-12(21)7-15(11)25-17(27)10-29-20-14(9-23)18(16-3-2-6-28-16)13(8-22)19(24)26-20/h2-7H,10H2,1H3,(H2,24,26)(H,25,27). The summed E-state index contributed by atoms with van der Waals surface area (Å²) in [5, 5.41) is 23.9. The fourth-order valence-electron chi connectivity index (χ4n) is 2.62. The number of benzene rings is 1. The number of nitrogens with one attached hydrogen (secondary N) is 1. The Morgan fingerprint density at radius 1 is 1.31 bits per heavy atom. The van der Waals surface area contributed by atoms with Crippen LogP contribution in [0.1, 0.15) is 16.7 Å². The molecule has 0 aliphatic rings. The highest BCUT2D eigenvalue weighted by Crippen LogP contribution is 2.37. The lowest BCUT2D eigenvalue weighted by Crippen LogP contribution is -2.15. The number of aryl methyl sites for hydroxylation is 1. The molecule has 0 spiro atoms. The highest BCUT2D eigenvalue weighted by Gasteiger charge is 2.21. The van der Waals surface area contributed by atoms with Crippen LogP contribution in [0, 0.1) is 35.4 Å². The number of rotatable bonds is 5. The van der Waals surface area contributed by atoms with E-state index in [-0.39, 0.29) is 33.6 Å². The fraction of sp³-hybridized carbons (Fsp3) is 0.100. The van der Waals surface area contributed by atoms with Crippen LogP contribution in [0.25, 0.3) is 10.4 Å². The lowest BCUT2D eigenvalue weighted by atomic mass is 10.0. The minimum atomic E-state index is -0.451. The van der Waals surface area contributed by atoms with Gasteiger partial charge in [-0.2, -0.15) is 10.5 Å². The fourth-order valence-corrected chi connectivity index (χ4v) is 4.20. The molecule has 3 rings (SSSR count). The molecule has 2 aromatic heterocycles. The molecule has 9 heteroatoms. The van der Waals surface area contributed by atoms with Gasteiger partial charge in [0.05, 0.1) is 11.3 Å². The quantitative estimate of drug-likeness (QED) is 0.591. The van der Waals surface area contributed by atoms with Crippen LogP contribution in [0.3, 0.4) is 0 Å². The molecule has 3 aromatic rings. The van der Waals surface area contributed by atoms with E-state index in [0.29, 0.717) is 16.1 Å². The summed E-state index contributed by atoms with van der Waals surface area (Å²) >= 11 is 2.40. The van der Waals surface area contributed by atoms with Crippen LogP contribution < -0.4 is 11.1 Å². The number of nitrogens with two attached hydrogens (primary N) is 1. The number of anilines is 2. The number of nitrogens with zero attached hydrogens (tertiary/aromatic N) is 3. The summed E-state index contributed by atoms with van der Waals surface area (Å²) in [5.74, 6) is -0.895. The predicted octanol–water partition coefficient (Wildman–Crippen LogP) is 4.31. The topological polar surface area (TPSA) is 116 Å². The molecule has 29 heavy (non-hydrogen) atoms. The summed E-state index contributed by atoms with van der Waals surface area (Å²) in [7, 11) is 0. The monoisotopic (exact) mass is 423 g/mol. The lowest BCUT2D eigenvalue weighted by molar-refractivity contribution is -0.113. The summed E-state index contributed by atoms with van der Waals surface area (Å²) in [6.07, 6.45) is 0. The third kappa shape index (κ3) is 4.37. The predicted molar refractivity (Wildman–Crippen MR) is 112 cm³/mol. The Kier molecular flexibility index (Phi) is 6.13. The zero-order valence-electron chi connectivity index (χ0n) is 15.2. The molecule has 0 unspecified atom stereocenters. The number of aromatic nitrogens is 1. The van der Waals surface area contributed by atoms with Crippen molar-refractivity contribution in [2.24, 2.45) is 0 Å². The highest BCUT2D eigenvalue weighted by molar-refractivity contribution is 8.00. The first-order valence-corrected chi connectivity index (χ1v) is 10.2. The number of carbonyl (C=O) groups excluding carboxylic acids is 1. The van der Waals surface area contributed by atoms with Gasteiger partial charge in [-0.3, -0.25) is 4.79 Å². The van der Waals surface area contributed by atoms with E-state index < -0.39 is 5.82 Å². The van der Waals surface area contributed by atoms with E-state index in [1.165, 1.54) is 23.5 Å². The van der Waals surface area contributed by atoms with Crippen molar-refractivity contribution in [1.29, 1.82) is 10.5 Å². The van der Waals surface area contributed by atoms with E-state index in [2.05, 4.69) is 16.4 Å². The molecule has 0 saturated heterocycles. The zero-order valence-corrected chi connectivity index (χ0v) is 16.8. The SMILES string of the molecule is Cc1ccc(F)cc1NC(=O)CSc1nc(N)c(C#N)c(-c2cccs2)c1C#N. The van der Waals surface area contributed by atoms with Gasteiger partial charge in [0.1, 0.15) is 34.4 Å². The Hall–Kier alpha value is -3.40. The first-order valence-electron chi connectivity index (χ1n) is 8.31. The van der Waals surface area contributed by atoms with E-state index in [4.69, 9.17) is 5.73 Å². The third-order valence-corrected chi connectivity index (χ3v) is 5.86. The normalized spacial score (nSPS) is 10.2. The van der Waals surface area contributed by atoms with E-state index in [1.807, 2.05) is 11.4 Å². The number of hydrogen-bond donors (Lipinski definition) is 2. The van der Waals surface area contributed by atoms with Crippen LogP contribution >= 0.6 is 23.1 Å². The molecule has 0 bridgehead atoms. The van der Waals surface area contributed by atoms with Gasteiger partial charge in [0, 0.05) is 16.1 Å². The maximum atomic E-state index is 13.4. The van der Waals surface area contributed by atoms with Crippen molar-refractivity contribution >= 4 is 40.5 Å². The molecule has 0 saturated carbocycles. The van der Waals surface area contributed by atoms with E-state index in [0.717, 1.165) is 17.3 Å². The van der Waals surface area contributed by atoms with Crippen LogP contribution in [0.2, 0.25) is 0 Å². The Morgan fingerprint density at radius 2 is 2.07 bits per heavy atom. The highest BCUT2D eigenvalue weighted by atomic mass is 32.2. The number of thiophene rings is 1. The molecule has 1 amide bonds. The molecule has 1 aromatic carbocycles. The number of nitriles is 2. The van der Waals surface area contributed by atoms with Crippen molar-refractivity contribution in [3.8, 4) is 22.6 Å². The van der Waals surface area contributed by atoms with Crippen molar-refractivity contribution in [1.82, 2.24) is 4.98 Å². The average molecular weight is 423 g/mol. The third-order valence-electron chi connectivity index (χ3n) is 4.00. The van der Waals surface area contributed by atoms with Gasteiger partial charge in [0.25, 0.3) is 0 Å². The van der Waals surface area contributed by atoms with Crippen molar-refractivity contribution in [2.75, 3.05) is 16.8 Å². The molecule has 0 radical (unpaired) electrons. The zero-order chi connectivity index (χ0) is 21.0. The van der Waals surface area contributed by atoms with Gasteiger partial charge >= 0.3 is 0 Å². The average Bonchev–Trinajstić information content (AvgIpc) is 3.23. The minimum absolute atomic E-state index is 0.00113. The smallest absolute Gasteiger partial charge is 0.234 e. The van der Waals surface area contributed by atoms with Crippen LogP contribution in [-0.4, -0.2) is 16.6 Å². The summed E-state index contributed by atoms with van der Waals surface area (Å²) in [5.41, 5.74) is 7.78. The van der Waals surface area contributed by atoms with Gasteiger partial charge in [0.15, 0.2) is 0 Å². The molecule has 0 aliphatic carbocycles. The molecule has 0 aliphatic heterocycles. The van der Waals surface area contributed by atoms with Crippen molar-refractivity contribution in [2.45, 2.75) is 11.9 Å². The van der Waals surface area contributed by atoms with Crippen molar-refractivity contribution in [3.63, 3.8) is 0 Å². The number of amides is 1. The summed E-state index contributed by atoms with van der Waals surface area (Å²) in [6, 6.07) is 11.8. The summed E-state index contributed by atoms with van der Waals surface area (Å²) < 4.78 is 13.4. The molecular weight excluding hydrogens is 409 g/mol. The van der Waals surface area contributed by atoms with E-state index >= 15 is 0 Å². The number of thioether (sulfide) groups is 1. The Balaban J connectivity index is 1.88. The molecular formula is C20H14FN5OS2. The van der Waals surface area contributed by atoms with E-state index in [9.17, 15) is 19.7 Å². The Bertz CT molecular complexity index is 1160. The van der Waals surface area contributed by atoms with Gasteiger partial charge in [-0.05, 0) is 36.1 Å². The largest absolute Gasteiger partial charge is 0.383 e. The summed E-state index contributed by atoms with van der Waals surface area (Å²) in [6.45, 7) is 1.76. The van der Waals surface area contributed by atoms with Gasteiger partial charge in [-0.1, -0.05) is 23.9 Å². The van der Waals surface area contributed by atoms with Crippen LogP contribution in [-0.2, 0) is 4.79 Å². The minimum Gasteiger partial charge on any atom is -0.383 e.